The van der Waals surface area contributed by atoms with Gasteiger partial charge >= 0.3 is 11.9 Å². The fourth-order valence-electron chi connectivity index (χ4n) is 6.55. The van der Waals surface area contributed by atoms with Gasteiger partial charge in [-0.25, -0.2) is 4.79 Å². The summed E-state index contributed by atoms with van der Waals surface area (Å²) in [4.78, 5) is 25.3. The van der Waals surface area contributed by atoms with Crippen LogP contribution in [0.25, 0.3) is 21.9 Å². The maximum Gasteiger partial charge on any atom is 0.339 e. The molecule has 4 aromatic rings. The Labute approximate surface area is 268 Å². The van der Waals surface area contributed by atoms with Gasteiger partial charge < -0.3 is 47.4 Å². The summed E-state index contributed by atoms with van der Waals surface area (Å²) in [6.45, 7) is 1.32. The van der Waals surface area contributed by atoms with Gasteiger partial charge in [-0.3, -0.25) is 4.79 Å². The average Bonchev–Trinajstić information content (AvgIpc) is 3.87. The van der Waals surface area contributed by atoms with Crippen LogP contribution in [0.2, 0.25) is 0 Å². The van der Waals surface area contributed by atoms with E-state index < -0.39 is 36.2 Å². The van der Waals surface area contributed by atoms with Crippen molar-refractivity contribution in [3.63, 3.8) is 0 Å². The van der Waals surface area contributed by atoms with Crippen molar-refractivity contribution in [1.82, 2.24) is 0 Å². The maximum absolute atomic E-state index is 13.5. The normalized spacial score (nSPS) is 23.7. The third-order valence-electron chi connectivity index (χ3n) is 8.77. The number of esters is 2. The fourth-order valence-corrected chi connectivity index (χ4v) is 6.55. The zero-order valence-corrected chi connectivity index (χ0v) is 25.7. The van der Waals surface area contributed by atoms with Crippen molar-refractivity contribution in [2.45, 2.75) is 37.8 Å². The second kappa shape index (κ2) is 11.3. The summed E-state index contributed by atoms with van der Waals surface area (Å²) in [6, 6.07) is 18.5. The van der Waals surface area contributed by atoms with Crippen molar-refractivity contribution in [3.8, 4) is 39.9 Å². The molecule has 0 aromatic heterocycles. The quantitative estimate of drug-likeness (QED) is 0.238. The van der Waals surface area contributed by atoms with Crippen LogP contribution in [0.15, 0.2) is 60.7 Å². The molecule has 8 rings (SSSR count). The summed E-state index contributed by atoms with van der Waals surface area (Å²) in [6.07, 6.45) is -2.56. The molecule has 0 bridgehead atoms. The van der Waals surface area contributed by atoms with Crippen LogP contribution >= 0.6 is 0 Å². The van der Waals surface area contributed by atoms with E-state index in [-0.39, 0.29) is 26.6 Å². The summed E-state index contributed by atoms with van der Waals surface area (Å²) in [7, 11) is 3.08. The van der Waals surface area contributed by atoms with Crippen molar-refractivity contribution in [3.05, 3.63) is 77.4 Å². The highest BCUT2D eigenvalue weighted by Gasteiger charge is 2.61. The first-order valence-electron chi connectivity index (χ1n) is 15.0. The van der Waals surface area contributed by atoms with Crippen molar-refractivity contribution < 1.29 is 57.0 Å². The molecule has 4 aliphatic rings. The first-order chi connectivity index (χ1) is 22.9. The van der Waals surface area contributed by atoms with E-state index >= 15 is 0 Å². The van der Waals surface area contributed by atoms with Crippen molar-refractivity contribution >= 4 is 22.7 Å². The van der Waals surface area contributed by atoms with Crippen molar-refractivity contribution in [1.29, 1.82) is 0 Å². The molecule has 1 unspecified atom stereocenters. The highest BCUT2D eigenvalue weighted by Crippen LogP contribution is 2.51. The Morgan fingerprint density at radius 1 is 0.915 bits per heavy atom. The van der Waals surface area contributed by atoms with Crippen molar-refractivity contribution in [2.24, 2.45) is 0 Å². The number of rotatable bonds is 8. The number of cyclic esters (lactones) is 1. The zero-order chi connectivity index (χ0) is 32.3. The first kappa shape index (κ1) is 29.4. The predicted octanol–water partition coefficient (Wildman–Crippen LogP) is 5.07. The van der Waals surface area contributed by atoms with Crippen LogP contribution in [0.5, 0.6) is 28.7 Å². The Morgan fingerprint density at radius 2 is 1.68 bits per heavy atom. The van der Waals surface area contributed by atoms with Gasteiger partial charge in [0.25, 0.3) is 0 Å². The second-order valence-electron chi connectivity index (χ2n) is 11.5. The molecule has 12 heteroatoms. The highest BCUT2D eigenvalue weighted by atomic mass is 16.8. The van der Waals surface area contributed by atoms with Crippen LogP contribution in [0.4, 0.5) is 0 Å². The van der Waals surface area contributed by atoms with E-state index in [2.05, 4.69) is 0 Å². The standard InChI is InChI=1S/C35H30O12/c1-18(36)41-15-35-16-42-34(31(35)46-33(47-35)19-7-5-4-6-8-19)45-30-22-13-26(39-3)25(38-2)12-21(22)28(29-23(30)14-40-32(29)37)20-9-10-24-27(11-20)44-17-43-24/h4-13,31,33-34H,14-17H2,1-3H3/t31-,33?,34+,35+/m0/s1. The lowest BCUT2D eigenvalue weighted by Gasteiger charge is -2.26. The van der Waals surface area contributed by atoms with Gasteiger partial charge in [-0.05, 0) is 35.2 Å². The number of fused-ring (bicyclic) bond motifs is 4. The van der Waals surface area contributed by atoms with Gasteiger partial charge in [-0.15, -0.1) is 0 Å². The summed E-state index contributed by atoms with van der Waals surface area (Å²) in [5, 5.41) is 1.26. The number of hydrogen-bond acceptors (Lipinski definition) is 12. The number of carbonyl (C=O) groups is 2. The number of benzene rings is 4. The largest absolute Gasteiger partial charge is 0.493 e. The molecule has 0 radical (unpaired) electrons. The zero-order valence-electron chi connectivity index (χ0n) is 25.7. The molecule has 0 amide bonds. The number of ether oxygens (including phenoxy) is 10. The van der Waals surface area contributed by atoms with E-state index in [0.29, 0.717) is 61.8 Å². The van der Waals surface area contributed by atoms with Crippen LogP contribution in [-0.4, -0.2) is 64.2 Å². The molecule has 242 valence electrons. The molecule has 4 aromatic carbocycles. The van der Waals surface area contributed by atoms with Gasteiger partial charge in [-0.2, -0.15) is 0 Å². The molecule has 4 atom stereocenters. The minimum absolute atomic E-state index is 0.0287. The van der Waals surface area contributed by atoms with Crippen LogP contribution in [0.1, 0.15) is 34.7 Å². The van der Waals surface area contributed by atoms with Gasteiger partial charge in [0, 0.05) is 29.0 Å². The lowest BCUT2D eigenvalue weighted by atomic mass is 9.89. The number of hydrogen-bond donors (Lipinski definition) is 0. The molecular weight excluding hydrogens is 612 g/mol. The van der Waals surface area contributed by atoms with Gasteiger partial charge in [0.1, 0.15) is 19.0 Å². The van der Waals surface area contributed by atoms with Crippen LogP contribution in [-0.2, 0) is 35.1 Å². The lowest BCUT2D eigenvalue weighted by Crippen LogP contribution is -2.47. The topological polar surface area (TPSA) is 126 Å². The summed E-state index contributed by atoms with van der Waals surface area (Å²) >= 11 is 0. The molecule has 0 spiro atoms. The monoisotopic (exact) mass is 642 g/mol. The molecule has 47 heavy (non-hydrogen) atoms. The molecule has 4 heterocycles. The van der Waals surface area contributed by atoms with E-state index in [0.717, 1.165) is 5.56 Å². The summed E-state index contributed by atoms with van der Waals surface area (Å²) in [5.41, 5.74) is 1.85. The summed E-state index contributed by atoms with van der Waals surface area (Å²) in [5.74, 6) is 1.46. The fraction of sp³-hybridized carbons (Fsp3) is 0.314. The Balaban J connectivity index is 1.27. The van der Waals surface area contributed by atoms with E-state index in [1.807, 2.05) is 42.5 Å². The maximum atomic E-state index is 13.5. The van der Waals surface area contributed by atoms with Crippen molar-refractivity contribution in [2.75, 3.05) is 34.2 Å². The number of carbonyl (C=O) groups excluding carboxylic acids is 2. The molecule has 0 aliphatic carbocycles. The van der Waals surface area contributed by atoms with E-state index in [1.165, 1.54) is 6.92 Å². The smallest absolute Gasteiger partial charge is 0.339 e. The molecular formula is C35H30O12. The Bertz CT molecular complexity index is 1910. The Hall–Kier alpha value is -5.04. The summed E-state index contributed by atoms with van der Waals surface area (Å²) < 4.78 is 59.3. The Kier molecular flexibility index (Phi) is 7.08. The minimum Gasteiger partial charge on any atom is -0.493 e. The van der Waals surface area contributed by atoms with Crippen LogP contribution in [0, 0.1) is 0 Å². The highest BCUT2D eigenvalue weighted by molar-refractivity contribution is 6.14. The average molecular weight is 643 g/mol. The van der Waals surface area contributed by atoms with Gasteiger partial charge in [0.15, 0.2) is 41.0 Å². The van der Waals surface area contributed by atoms with Gasteiger partial charge in [0.05, 0.1) is 26.4 Å². The molecule has 2 fully saturated rings. The van der Waals surface area contributed by atoms with E-state index in [1.54, 1.807) is 32.4 Å². The third-order valence-corrected chi connectivity index (χ3v) is 8.77. The predicted molar refractivity (Wildman–Crippen MR) is 163 cm³/mol. The molecule has 12 nitrogen and oxygen atoms in total. The first-order valence-corrected chi connectivity index (χ1v) is 15.0. The van der Waals surface area contributed by atoms with Crippen LogP contribution < -0.4 is 23.7 Å². The van der Waals surface area contributed by atoms with Crippen LogP contribution in [0.3, 0.4) is 0 Å². The van der Waals surface area contributed by atoms with E-state index in [9.17, 15) is 9.59 Å². The second-order valence-corrected chi connectivity index (χ2v) is 11.5. The number of methoxy groups -OCH3 is 2. The molecule has 2 saturated heterocycles. The van der Waals surface area contributed by atoms with Gasteiger partial charge in [-0.1, -0.05) is 36.4 Å². The van der Waals surface area contributed by atoms with E-state index in [4.69, 9.17) is 47.4 Å². The molecule has 0 N–H and O–H groups in total. The third kappa shape index (κ3) is 4.79. The molecule has 4 aliphatic heterocycles. The SMILES string of the molecule is COc1cc2c(O[C@H]3OC[C@@]4(COC(C)=O)OC(c5ccccc5)O[C@@H]34)c3c(c(-c4ccc5c(c4)OCO5)c2cc1OC)C(=O)OC3. The van der Waals surface area contributed by atoms with Gasteiger partial charge in [0.2, 0.25) is 13.1 Å². The Morgan fingerprint density at radius 3 is 2.45 bits per heavy atom. The minimum atomic E-state index is -1.14. The lowest BCUT2D eigenvalue weighted by molar-refractivity contribution is -0.172. The molecule has 0 saturated carbocycles.